The maximum atomic E-state index is 11.1. The molecule has 0 saturated heterocycles. The Bertz CT molecular complexity index is 570. The maximum absolute atomic E-state index is 11.1. The smallest absolute Gasteiger partial charge is 0.305 e. The van der Waals surface area contributed by atoms with Crippen LogP contribution < -0.4 is 0 Å². The summed E-state index contributed by atoms with van der Waals surface area (Å²) in [6.45, 7) is 0.0172. The van der Waals surface area contributed by atoms with Gasteiger partial charge in [-0.05, 0) is 42.7 Å². The van der Waals surface area contributed by atoms with E-state index in [1.54, 1.807) is 0 Å². The van der Waals surface area contributed by atoms with Crippen LogP contribution in [0.15, 0.2) is 36.4 Å². The minimum atomic E-state index is -0.444. The molecular weight excluding hydrogens is 340 g/mol. The lowest BCUT2D eigenvalue weighted by Gasteiger charge is -2.23. The molecule has 0 bridgehead atoms. The predicted molar refractivity (Wildman–Crippen MR) is 98.5 cm³/mol. The molecule has 0 amide bonds. The molecule has 0 heterocycles. The summed E-state index contributed by atoms with van der Waals surface area (Å²) in [5, 5.41) is 19.5. The normalized spacial score (nSPS) is 26.2. The Kier molecular flexibility index (Phi) is 7.94. The number of aliphatic hydroxyl groups excluding tert-OH is 2. The van der Waals surface area contributed by atoms with Crippen LogP contribution in [0.5, 0.6) is 0 Å². The highest BCUT2D eigenvalue weighted by atomic mass is 35.5. The van der Waals surface area contributed by atoms with E-state index in [2.05, 4.69) is 16.9 Å². The molecule has 1 aliphatic carbocycles. The van der Waals surface area contributed by atoms with Gasteiger partial charge in [0.1, 0.15) is 0 Å². The van der Waals surface area contributed by atoms with Crippen molar-refractivity contribution >= 4 is 17.6 Å². The summed E-state index contributed by atoms with van der Waals surface area (Å²) in [4.78, 5) is 11.1. The van der Waals surface area contributed by atoms with E-state index in [1.165, 1.54) is 7.11 Å². The minimum Gasteiger partial charge on any atom is -0.469 e. The fraction of sp³-hybridized carbons (Fsp3) is 0.550. The van der Waals surface area contributed by atoms with E-state index in [9.17, 15) is 9.90 Å². The highest BCUT2D eigenvalue weighted by Gasteiger charge is 2.41. The summed E-state index contributed by atoms with van der Waals surface area (Å²) in [6, 6.07) is 7.73. The SMILES string of the molecule is COC(=O)CCC/C=C\C[C@@H]1[C@H](c2ccc(CO)cc2)[C@H](O)C[C@H]1Cl. The number of hydrogen-bond donors (Lipinski definition) is 2. The second kappa shape index (κ2) is 9.95. The lowest BCUT2D eigenvalue weighted by molar-refractivity contribution is -0.140. The molecule has 0 spiro atoms. The predicted octanol–water partition coefficient (Wildman–Crippen LogP) is 3.54. The molecule has 4 atom stereocenters. The number of methoxy groups -OCH3 is 1. The topological polar surface area (TPSA) is 66.8 Å². The number of alkyl halides is 1. The van der Waals surface area contributed by atoms with Crippen molar-refractivity contribution in [3.05, 3.63) is 47.5 Å². The van der Waals surface area contributed by atoms with Gasteiger partial charge in [0.2, 0.25) is 0 Å². The molecule has 0 unspecified atom stereocenters. The van der Waals surface area contributed by atoms with Crippen molar-refractivity contribution in [3.8, 4) is 0 Å². The van der Waals surface area contributed by atoms with Crippen molar-refractivity contribution in [2.24, 2.45) is 5.92 Å². The average Bonchev–Trinajstić information content (AvgIpc) is 2.91. The number of esters is 1. The Morgan fingerprint density at radius 3 is 2.68 bits per heavy atom. The largest absolute Gasteiger partial charge is 0.469 e. The van der Waals surface area contributed by atoms with Crippen LogP contribution in [0.1, 0.15) is 49.1 Å². The first-order chi connectivity index (χ1) is 12.1. The maximum Gasteiger partial charge on any atom is 0.305 e. The number of ether oxygens (including phenoxy) is 1. The van der Waals surface area contributed by atoms with Gasteiger partial charge in [-0.1, -0.05) is 36.4 Å². The van der Waals surface area contributed by atoms with Crippen molar-refractivity contribution in [3.63, 3.8) is 0 Å². The van der Waals surface area contributed by atoms with E-state index in [4.69, 9.17) is 16.7 Å². The van der Waals surface area contributed by atoms with Crippen LogP contribution in [0.4, 0.5) is 0 Å². The quantitative estimate of drug-likeness (QED) is 0.319. The summed E-state index contributed by atoms with van der Waals surface area (Å²) >= 11 is 6.48. The summed E-state index contributed by atoms with van der Waals surface area (Å²) in [5.41, 5.74) is 1.93. The van der Waals surface area contributed by atoms with Crippen LogP contribution in [0.25, 0.3) is 0 Å². The lowest BCUT2D eigenvalue weighted by Crippen LogP contribution is -2.18. The number of unbranched alkanes of at least 4 members (excludes halogenated alkanes) is 1. The number of carbonyl (C=O) groups is 1. The van der Waals surface area contributed by atoms with Crippen LogP contribution in [0, 0.1) is 5.92 Å². The highest BCUT2D eigenvalue weighted by molar-refractivity contribution is 6.21. The molecule has 4 nitrogen and oxygen atoms in total. The molecule has 2 rings (SSSR count). The zero-order chi connectivity index (χ0) is 18.2. The van der Waals surface area contributed by atoms with Crippen molar-refractivity contribution < 1.29 is 19.7 Å². The Labute approximate surface area is 154 Å². The van der Waals surface area contributed by atoms with Gasteiger partial charge in [-0.2, -0.15) is 0 Å². The first-order valence-corrected chi connectivity index (χ1v) is 9.24. The highest BCUT2D eigenvalue weighted by Crippen LogP contribution is 2.44. The molecular formula is C20H27ClO4. The molecule has 1 aliphatic rings. The fourth-order valence-electron chi connectivity index (χ4n) is 3.51. The number of hydrogen-bond acceptors (Lipinski definition) is 4. The van der Waals surface area contributed by atoms with Crippen LogP contribution in [-0.2, 0) is 16.1 Å². The Balaban J connectivity index is 1.93. The summed E-state index contributed by atoms with van der Waals surface area (Å²) in [7, 11) is 1.40. The van der Waals surface area contributed by atoms with Crippen molar-refractivity contribution in [2.45, 2.75) is 56.1 Å². The van der Waals surface area contributed by atoms with E-state index in [-0.39, 0.29) is 29.8 Å². The van der Waals surface area contributed by atoms with Gasteiger partial charge in [-0.3, -0.25) is 4.79 Å². The first kappa shape index (κ1) is 20.0. The van der Waals surface area contributed by atoms with Gasteiger partial charge in [0.25, 0.3) is 0 Å². The number of rotatable bonds is 8. The monoisotopic (exact) mass is 366 g/mol. The van der Waals surface area contributed by atoms with Crippen molar-refractivity contribution in [1.82, 2.24) is 0 Å². The zero-order valence-electron chi connectivity index (χ0n) is 14.6. The van der Waals surface area contributed by atoms with Crippen LogP contribution >= 0.6 is 11.6 Å². The fourth-order valence-corrected chi connectivity index (χ4v) is 3.95. The van der Waals surface area contributed by atoms with Crippen LogP contribution in [-0.4, -0.2) is 34.8 Å². The summed E-state index contributed by atoms with van der Waals surface area (Å²) in [6.07, 6.45) is 7.15. The van der Waals surface area contributed by atoms with Crippen molar-refractivity contribution in [2.75, 3.05) is 7.11 Å². The average molecular weight is 367 g/mol. The van der Waals surface area contributed by atoms with Gasteiger partial charge in [-0.15, -0.1) is 11.6 Å². The molecule has 2 N–H and O–H groups in total. The first-order valence-electron chi connectivity index (χ1n) is 8.80. The van der Waals surface area contributed by atoms with Crippen LogP contribution in [0.2, 0.25) is 0 Å². The molecule has 25 heavy (non-hydrogen) atoms. The minimum absolute atomic E-state index is 0.00922. The van der Waals surface area contributed by atoms with Crippen molar-refractivity contribution in [1.29, 1.82) is 0 Å². The molecule has 0 aliphatic heterocycles. The molecule has 1 aromatic rings. The molecule has 1 saturated carbocycles. The van der Waals surface area contributed by atoms with Gasteiger partial charge in [0, 0.05) is 17.7 Å². The number of carbonyl (C=O) groups excluding carboxylic acids is 1. The van der Waals surface area contributed by atoms with E-state index in [0.717, 1.165) is 30.4 Å². The Morgan fingerprint density at radius 1 is 1.32 bits per heavy atom. The van der Waals surface area contributed by atoms with Gasteiger partial charge in [-0.25, -0.2) is 0 Å². The van der Waals surface area contributed by atoms with Gasteiger partial charge in [0.05, 0.1) is 19.8 Å². The standard InChI is InChI=1S/C20H27ClO4/c1-25-19(24)7-5-3-2-4-6-16-17(21)12-18(23)20(16)15-10-8-14(13-22)9-11-15/h2,4,8-11,16-18,20,22-23H,3,5-7,12-13H2,1H3/b4-2-/t16-,17+,18+,20-/m0/s1. The Morgan fingerprint density at radius 2 is 2.04 bits per heavy atom. The lowest BCUT2D eigenvalue weighted by atomic mass is 9.85. The van der Waals surface area contributed by atoms with E-state index < -0.39 is 6.10 Å². The van der Waals surface area contributed by atoms with E-state index in [0.29, 0.717) is 12.8 Å². The molecule has 0 radical (unpaired) electrons. The number of allylic oxidation sites excluding steroid dienone is 2. The number of benzene rings is 1. The zero-order valence-corrected chi connectivity index (χ0v) is 15.4. The third-order valence-corrected chi connectivity index (χ3v) is 5.41. The summed E-state index contributed by atoms with van der Waals surface area (Å²) < 4.78 is 4.62. The molecule has 138 valence electrons. The number of aliphatic hydroxyl groups is 2. The molecule has 1 fully saturated rings. The molecule has 1 aromatic carbocycles. The van der Waals surface area contributed by atoms with E-state index >= 15 is 0 Å². The van der Waals surface area contributed by atoms with E-state index in [1.807, 2.05) is 24.3 Å². The third-order valence-electron chi connectivity index (χ3n) is 4.91. The number of halogens is 1. The second-order valence-corrected chi connectivity index (χ2v) is 7.14. The van der Waals surface area contributed by atoms with Gasteiger partial charge >= 0.3 is 5.97 Å². The molecule has 5 heteroatoms. The summed E-state index contributed by atoms with van der Waals surface area (Å²) in [5.74, 6) is 0.00277. The Hall–Kier alpha value is -1.36. The third kappa shape index (κ3) is 5.56. The molecule has 0 aromatic heterocycles. The van der Waals surface area contributed by atoms with Crippen LogP contribution in [0.3, 0.4) is 0 Å². The second-order valence-electron chi connectivity index (χ2n) is 6.58. The van der Waals surface area contributed by atoms with Gasteiger partial charge in [0.15, 0.2) is 0 Å². The van der Waals surface area contributed by atoms with Gasteiger partial charge < -0.3 is 14.9 Å².